The smallest absolute Gasteiger partial charge is 0.131 e. The van der Waals surface area contributed by atoms with Gasteiger partial charge in [0.1, 0.15) is 5.82 Å². The number of halogens is 2. The van der Waals surface area contributed by atoms with Crippen LogP contribution < -0.4 is 0 Å². The summed E-state index contributed by atoms with van der Waals surface area (Å²) in [6.07, 6.45) is 5.42. The Balaban J connectivity index is 2.72. The van der Waals surface area contributed by atoms with Gasteiger partial charge in [-0.15, -0.1) is 6.42 Å². The van der Waals surface area contributed by atoms with Gasteiger partial charge in [-0.05, 0) is 31.2 Å². The van der Waals surface area contributed by atoms with Gasteiger partial charge in [0.05, 0.1) is 0 Å². The van der Waals surface area contributed by atoms with E-state index in [1.807, 2.05) is 25.1 Å². The molecule has 84 valence electrons. The number of hydrogen-bond acceptors (Lipinski definition) is 0. The molecule has 0 nitrogen and oxygen atoms in total. The first kappa shape index (κ1) is 11.7. The zero-order valence-electron chi connectivity index (χ0n) is 9.30. The Bertz CT molecular complexity index is 609. The van der Waals surface area contributed by atoms with E-state index < -0.39 is 0 Å². The molecule has 0 saturated heterocycles. The molecule has 0 saturated carbocycles. The van der Waals surface area contributed by atoms with Gasteiger partial charge < -0.3 is 0 Å². The standard InChI is InChI=1S/C15H10ClF/c1-3-11-5-4-10(2)8-13(11)14-9-12(16)6-7-15(14)17/h1,4-9H,2H3. The molecule has 0 atom stereocenters. The van der Waals surface area contributed by atoms with Crippen molar-refractivity contribution in [3.05, 3.63) is 58.4 Å². The summed E-state index contributed by atoms with van der Waals surface area (Å²) in [6, 6.07) is 10.0. The number of hydrogen-bond donors (Lipinski definition) is 0. The SMILES string of the molecule is C#Cc1ccc(C)cc1-c1cc(Cl)ccc1F. The van der Waals surface area contributed by atoms with E-state index in [0.29, 0.717) is 21.7 Å². The number of aryl methyl sites for hydroxylation is 1. The second-order valence-corrected chi connectivity index (χ2v) is 4.25. The minimum absolute atomic E-state index is 0.323. The lowest BCUT2D eigenvalue weighted by atomic mass is 9.97. The normalized spacial score (nSPS) is 10.0. The molecule has 0 aliphatic rings. The highest BCUT2D eigenvalue weighted by molar-refractivity contribution is 6.30. The fourth-order valence-electron chi connectivity index (χ4n) is 1.71. The van der Waals surface area contributed by atoms with Crippen LogP contribution in [0.5, 0.6) is 0 Å². The summed E-state index contributed by atoms with van der Waals surface area (Å²) in [5.74, 6) is 2.24. The van der Waals surface area contributed by atoms with Crippen LogP contribution in [0.3, 0.4) is 0 Å². The van der Waals surface area contributed by atoms with Gasteiger partial charge >= 0.3 is 0 Å². The fraction of sp³-hybridized carbons (Fsp3) is 0.0667. The summed E-state index contributed by atoms with van der Waals surface area (Å²) in [4.78, 5) is 0. The van der Waals surface area contributed by atoms with Crippen molar-refractivity contribution in [3.8, 4) is 23.5 Å². The summed E-state index contributed by atoms with van der Waals surface area (Å²) in [6.45, 7) is 1.94. The van der Waals surface area contributed by atoms with Gasteiger partial charge in [0, 0.05) is 21.7 Å². The zero-order chi connectivity index (χ0) is 12.4. The highest BCUT2D eigenvalue weighted by Gasteiger charge is 2.09. The molecule has 2 aromatic rings. The molecular formula is C15H10ClF. The summed E-state index contributed by atoms with van der Waals surface area (Å²) >= 11 is 5.88. The molecule has 0 heterocycles. The minimum Gasteiger partial charge on any atom is -0.206 e. The first-order chi connectivity index (χ1) is 8.11. The van der Waals surface area contributed by atoms with E-state index in [0.717, 1.165) is 5.56 Å². The Morgan fingerprint density at radius 1 is 1.12 bits per heavy atom. The van der Waals surface area contributed by atoms with Crippen LogP contribution in [0.25, 0.3) is 11.1 Å². The Labute approximate surface area is 105 Å². The summed E-state index contributed by atoms with van der Waals surface area (Å²) in [5.41, 5.74) is 2.83. The Morgan fingerprint density at radius 3 is 2.59 bits per heavy atom. The molecular weight excluding hydrogens is 235 g/mol. The molecule has 0 aliphatic carbocycles. The predicted octanol–water partition coefficient (Wildman–Crippen LogP) is 4.44. The molecule has 2 heteroatoms. The van der Waals surface area contributed by atoms with E-state index in [-0.39, 0.29) is 5.82 Å². The van der Waals surface area contributed by atoms with Crippen LogP contribution in [0.15, 0.2) is 36.4 Å². The van der Waals surface area contributed by atoms with Crippen molar-refractivity contribution in [1.29, 1.82) is 0 Å². The summed E-state index contributed by atoms with van der Waals surface area (Å²) in [7, 11) is 0. The molecule has 0 unspecified atom stereocenters. The van der Waals surface area contributed by atoms with Crippen molar-refractivity contribution in [1.82, 2.24) is 0 Å². The molecule has 0 radical (unpaired) electrons. The number of rotatable bonds is 1. The van der Waals surface area contributed by atoms with Crippen molar-refractivity contribution < 1.29 is 4.39 Å². The maximum absolute atomic E-state index is 13.8. The van der Waals surface area contributed by atoms with Crippen molar-refractivity contribution in [2.45, 2.75) is 6.92 Å². The van der Waals surface area contributed by atoms with Crippen molar-refractivity contribution in [2.75, 3.05) is 0 Å². The topological polar surface area (TPSA) is 0 Å². The van der Waals surface area contributed by atoms with Crippen LogP contribution in [0.1, 0.15) is 11.1 Å². The van der Waals surface area contributed by atoms with Crippen LogP contribution in [0.2, 0.25) is 5.02 Å². The van der Waals surface area contributed by atoms with Crippen LogP contribution in [0, 0.1) is 25.1 Å². The Hall–Kier alpha value is -1.78. The van der Waals surface area contributed by atoms with Gasteiger partial charge in [-0.3, -0.25) is 0 Å². The average Bonchev–Trinajstić information content (AvgIpc) is 2.32. The van der Waals surface area contributed by atoms with Crippen LogP contribution in [-0.4, -0.2) is 0 Å². The highest BCUT2D eigenvalue weighted by Crippen LogP contribution is 2.29. The molecule has 0 N–H and O–H groups in total. The Kier molecular flexibility index (Phi) is 3.17. The Morgan fingerprint density at radius 2 is 1.88 bits per heavy atom. The average molecular weight is 245 g/mol. The third-order valence-corrected chi connectivity index (χ3v) is 2.78. The molecule has 0 aromatic heterocycles. The monoisotopic (exact) mass is 244 g/mol. The summed E-state index contributed by atoms with van der Waals surface area (Å²) < 4.78 is 13.8. The van der Waals surface area contributed by atoms with Gasteiger partial charge in [-0.1, -0.05) is 35.2 Å². The van der Waals surface area contributed by atoms with Gasteiger partial charge in [-0.2, -0.15) is 0 Å². The maximum Gasteiger partial charge on any atom is 0.131 e. The molecule has 17 heavy (non-hydrogen) atoms. The van der Waals surface area contributed by atoms with E-state index in [1.165, 1.54) is 12.1 Å². The molecule has 0 spiro atoms. The maximum atomic E-state index is 13.8. The van der Waals surface area contributed by atoms with Crippen molar-refractivity contribution in [2.24, 2.45) is 0 Å². The third-order valence-electron chi connectivity index (χ3n) is 2.55. The zero-order valence-corrected chi connectivity index (χ0v) is 10.1. The summed E-state index contributed by atoms with van der Waals surface area (Å²) in [5, 5.41) is 0.492. The second-order valence-electron chi connectivity index (χ2n) is 3.82. The predicted molar refractivity (Wildman–Crippen MR) is 69.5 cm³/mol. The van der Waals surface area contributed by atoms with Gasteiger partial charge in [0.25, 0.3) is 0 Å². The first-order valence-electron chi connectivity index (χ1n) is 5.14. The molecule has 2 aromatic carbocycles. The second kappa shape index (κ2) is 4.61. The number of benzene rings is 2. The molecule has 0 amide bonds. The largest absolute Gasteiger partial charge is 0.206 e. The van der Waals surface area contributed by atoms with E-state index in [9.17, 15) is 4.39 Å². The number of terminal acetylenes is 1. The van der Waals surface area contributed by atoms with Crippen LogP contribution in [0.4, 0.5) is 4.39 Å². The minimum atomic E-state index is -0.323. The lowest BCUT2D eigenvalue weighted by molar-refractivity contribution is 0.631. The fourth-order valence-corrected chi connectivity index (χ4v) is 1.88. The molecule has 0 fully saturated rings. The van der Waals surface area contributed by atoms with E-state index in [4.69, 9.17) is 18.0 Å². The lowest BCUT2D eigenvalue weighted by Gasteiger charge is -2.08. The highest BCUT2D eigenvalue weighted by atomic mass is 35.5. The van der Waals surface area contributed by atoms with Crippen molar-refractivity contribution >= 4 is 11.6 Å². The third kappa shape index (κ3) is 2.33. The molecule has 2 rings (SSSR count). The van der Waals surface area contributed by atoms with E-state index in [2.05, 4.69) is 5.92 Å². The van der Waals surface area contributed by atoms with E-state index in [1.54, 1.807) is 6.07 Å². The van der Waals surface area contributed by atoms with Gasteiger partial charge in [0.2, 0.25) is 0 Å². The quantitative estimate of drug-likeness (QED) is 0.651. The van der Waals surface area contributed by atoms with E-state index >= 15 is 0 Å². The lowest BCUT2D eigenvalue weighted by Crippen LogP contribution is -1.89. The molecule has 0 bridgehead atoms. The van der Waals surface area contributed by atoms with Crippen LogP contribution in [-0.2, 0) is 0 Å². The van der Waals surface area contributed by atoms with Gasteiger partial charge in [0.15, 0.2) is 0 Å². The van der Waals surface area contributed by atoms with Gasteiger partial charge in [-0.25, -0.2) is 4.39 Å². The molecule has 0 aliphatic heterocycles. The van der Waals surface area contributed by atoms with Crippen LogP contribution >= 0.6 is 11.6 Å². The first-order valence-corrected chi connectivity index (χ1v) is 5.52. The van der Waals surface area contributed by atoms with Crippen molar-refractivity contribution in [3.63, 3.8) is 0 Å².